The van der Waals surface area contributed by atoms with Gasteiger partial charge in [0.25, 0.3) is 0 Å². The van der Waals surface area contributed by atoms with Crippen LogP contribution in [-0.2, 0) is 13.5 Å². The maximum absolute atomic E-state index is 13.9. The minimum atomic E-state index is 0.00875. The molecule has 0 N–H and O–H groups in total. The standard InChI is InChI=1S/C35H25NO2/c1-21-15-26(23-11-7-4-8-12-23)18-31-33(21)36(2)32-20-29-27(19-30(32)35(31)38)16-25-14-13-24(17-28(25)34(29)37)22-9-5-3-6-10-22/h3-15,17-20H,16H2,1-2H3. The van der Waals surface area contributed by atoms with Crippen molar-refractivity contribution in [3.63, 3.8) is 0 Å². The lowest BCUT2D eigenvalue weighted by atomic mass is 9.82. The van der Waals surface area contributed by atoms with E-state index in [0.717, 1.165) is 55.5 Å². The van der Waals surface area contributed by atoms with Gasteiger partial charge in [0.15, 0.2) is 11.2 Å². The number of benzene rings is 5. The lowest BCUT2D eigenvalue weighted by molar-refractivity contribution is 0.103. The number of rotatable bonds is 2. The van der Waals surface area contributed by atoms with Crippen LogP contribution < -0.4 is 5.43 Å². The molecule has 0 amide bonds. The molecule has 0 saturated carbocycles. The summed E-state index contributed by atoms with van der Waals surface area (Å²) in [4.78, 5) is 27.7. The van der Waals surface area contributed by atoms with Gasteiger partial charge in [-0.05, 0) is 82.6 Å². The maximum Gasteiger partial charge on any atom is 0.197 e. The third kappa shape index (κ3) is 3.36. The maximum atomic E-state index is 13.9. The molecule has 3 heteroatoms. The van der Waals surface area contributed by atoms with Crippen LogP contribution in [0.3, 0.4) is 0 Å². The first kappa shape index (κ1) is 22.4. The molecule has 0 bridgehead atoms. The van der Waals surface area contributed by atoms with Gasteiger partial charge in [-0.3, -0.25) is 9.59 Å². The normalized spacial score (nSPS) is 12.5. The average Bonchev–Trinajstić information content (AvgIpc) is 2.96. The van der Waals surface area contributed by atoms with Crippen molar-refractivity contribution in [2.75, 3.05) is 0 Å². The molecule has 6 aromatic rings. The summed E-state index contributed by atoms with van der Waals surface area (Å²) in [6.07, 6.45) is 0.631. The van der Waals surface area contributed by atoms with Gasteiger partial charge in [0.2, 0.25) is 0 Å². The van der Waals surface area contributed by atoms with Gasteiger partial charge in [0, 0.05) is 28.9 Å². The Morgan fingerprint density at radius 1 is 0.605 bits per heavy atom. The molecule has 1 aliphatic rings. The fourth-order valence-corrected chi connectivity index (χ4v) is 6.01. The van der Waals surface area contributed by atoms with E-state index in [9.17, 15) is 9.59 Å². The Hall–Kier alpha value is -4.76. The van der Waals surface area contributed by atoms with Crippen LogP contribution in [0.25, 0.3) is 44.1 Å². The van der Waals surface area contributed by atoms with E-state index in [2.05, 4.69) is 47.0 Å². The van der Waals surface area contributed by atoms with E-state index in [1.165, 1.54) is 0 Å². The fourth-order valence-electron chi connectivity index (χ4n) is 6.01. The van der Waals surface area contributed by atoms with E-state index < -0.39 is 0 Å². The van der Waals surface area contributed by atoms with Crippen molar-refractivity contribution in [2.24, 2.45) is 7.05 Å². The zero-order valence-electron chi connectivity index (χ0n) is 21.3. The molecule has 0 saturated heterocycles. The van der Waals surface area contributed by atoms with Crippen LogP contribution in [0, 0.1) is 6.92 Å². The number of aryl methyl sites for hydroxylation is 2. The molecule has 7 rings (SSSR count). The lowest BCUT2D eigenvalue weighted by Crippen LogP contribution is -2.18. The number of hydrogen-bond donors (Lipinski definition) is 0. The van der Waals surface area contributed by atoms with Crippen LogP contribution in [0.4, 0.5) is 0 Å². The number of carbonyl (C=O) groups excluding carboxylic acids is 1. The zero-order valence-corrected chi connectivity index (χ0v) is 21.3. The Labute approximate surface area is 220 Å². The predicted octanol–water partition coefficient (Wildman–Crippen LogP) is 7.47. The van der Waals surface area contributed by atoms with Crippen molar-refractivity contribution in [1.29, 1.82) is 0 Å². The smallest absolute Gasteiger partial charge is 0.197 e. The van der Waals surface area contributed by atoms with Crippen molar-refractivity contribution < 1.29 is 4.79 Å². The molecule has 0 radical (unpaired) electrons. The summed E-state index contributed by atoms with van der Waals surface area (Å²) in [6, 6.07) is 34.4. The van der Waals surface area contributed by atoms with Gasteiger partial charge in [-0.2, -0.15) is 0 Å². The molecule has 182 valence electrons. The van der Waals surface area contributed by atoms with E-state index in [1.807, 2.05) is 74.6 Å². The second-order valence-corrected chi connectivity index (χ2v) is 10.2. The first-order valence-electron chi connectivity index (χ1n) is 12.9. The Morgan fingerprint density at radius 2 is 1.26 bits per heavy atom. The van der Waals surface area contributed by atoms with Crippen molar-refractivity contribution >= 4 is 27.6 Å². The molecular formula is C35H25NO2. The van der Waals surface area contributed by atoms with Crippen molar-refractivity contribution in [1.82, 2.24) is 4.57 Å². The third-order valence-corrected chi connectivity index (χ3v) is 7.90. The monoisotopic (exact) mass is 491 g/mol. The Bertz CT molecular complexity index is 1980. The van der Waals surface area contributed by atoms with Crippen LogP contribution in [0.5, 0.6) is 0 Å². The van der Waals surface area contributed by atoms with Crippen molar-refractivity contribution in [3.05, 3.63) is 141 Å². The number of nitrogens with zero attached hydrogens (tertiary/aromatic N) is 1. The van der Waals surface area contributed by atoms with Gasteiger partial charge in [-0.15, -0.1) is 0 Å². The van der Waals surface area contributed by atoms with E-state index in [0.29, 0.717) is 22.8 Å². The molecule has 1 heterocycles. The average molecular weight is 492 g/mol. The minimum absolute atomic E-state index is 0.00875. The van der Waals surface area contributed by atoms with Crippen molar-refractivity contribution in [3.8, 4) is 22.3 Å². The molecule has 0 atom stereocenters. The van der Waals surface area contributed by atoms with E-state index in [1.54, 1.807) is 0 Å². The summed E-state index contributed by atoms with van der Waals surface area (Å²) in [5, 5.41) is 1.36. The Balaban J connectivity index is 1.42. The molecule has 0 spiro atoms. The second-order valence-electron chi connectivity index (χ2n) is 10.2. The molecule has 3 nitrogen and oxygen atoms in total. The van der Waals surface area contributed by atoms with Crippen LogP contribution in [0.15, 0.2) is 108 Å². The number of hydrogen-bond acceptors (Lipinski definition) is 2. The van der Waals surface area contributed by atoms with E-state index >= 15 is 0 Å². The molecular weight excluding hydrogens is 466 g/mol. The summed E-state index contributed by atoms with van der Waals surface area (Å²) in [7, 11) is 1.99. The highest BCUT2D eigenvalue weighted by atomic mass is 16.1. The Morgan fingerprint density at radius 3 is 1.97 bits per heavy atom. The highest BCUT2D eigenvalue weighted by molar-refractivity contribution is 6.14. The zero-order chi connectivity index (χ0) is 26.0. The predicted molar refractivity (Wildman–Crippen MR) is 155 cm³/mol. The lowest BCUT2D eigenvalue weighted by Gasteiger charge is -2.22. The summed E-state index contributed by atoms with van der Waals surface area (Å²) in [5.41, 5.74) is 10.3. The van der Waals surface area contributed by atoms with Gasteiger partial charge < -0.3 is 4.57 Å². The number of aromatic nitrogens is 1. The molecule has 0 aliphatic heterocycles. The van der Waals surface area contributed by atoms with Gasteiger partial charge in [0.05, 0.1) is 11.0 Å². The summed E-state index contributed by atoms with van der Waals surface area (Å²) in [5.74, 6) is 0.0182. The third-order valence-electron chi connectivity index (χ3n) is 7.90. The largest absolute Gasteiger partial charge is 0.343 e. The topological polar surface area (TPSA) is 39.1 Å². The van der Waals surface area contributed by atoms with E-state index in [-0.39, 0.29) is 11.2 Å². The molecule has 5 aromatic carbocycles. The highest BCUT2D eigenvalue weighted by Crippen LogP contribution is 2.34. The fraction of sp³-hybridized carbons (Fsp3) is 0.0857. The van der Waals surface area contributed by atoms with Crippen molar-refractivity contribution in [2.45, 2.75) is 13.3 Å². The summed E-state index contributed by atoms with van der Waals surface area (Å²) >= 11 is 0. The first-order valence-corrected chi connectivity index (χ1v) is 12.9. The molecule has 1 aromatic heterocycles. The summed E-state index contributed by atoms with van der Waals surface area (Å²) < 4.78 is 2.07. The van der Waals surface area contributed by atoms with Crippen LogP contribution in [0.2, 0.25) is 0 Å². The van der Waals surface area contributed by atoms with Crippen LogP contribution in [0.1, 0.15) is 32.6 Å². The number of pyridine rings is 1. The van der Waals surface area contributed by atoms with Gasteiger partial charge >= 0.3 is 0 Å². The SMILES string of the molecule is Cc1cc(-c2ccccc2)cc2c(=O)c3cc4c(cc3n(C)c12)C(=O)c1cc(-c2ccccc2)ccc1C4. The minimum Gasteiger partial charge on any atom is -0.343 e. The van der Waals surface area contributed by atoms with E-state index in [4.69, 9.17) is 0 Å². The molecule has 38 heavy (non-hydrogen) atoms. The second kappa shape index (κ2) is 8.39. The van der Waals surface area contributed by atoms with Crippen LogP contribution in [-0.4, -0.2) is 10.4 Å². The number of carbonyl (C=O) groups is 1. The van der Waals surface area contributed by atoms with Gasteiger partial charge in [-0.25, -0.2) is 0 Å². The number of fused-ring (bicyclic) bond motifs is 4. The van der Waals surface area contributed by atoms with Gasteiger partial charge in [0.1, 0.15) is 0 Å². The van der Waals surface area contributed by atoms with Gasteiger partial charge in [-0.1, -0.05) is 72.8 Å². The van der Waals surface area contributed by atoms with Crippen LogP contribution >= 0.6 is 0 Å². The number of ketones is 1. The quantitative estimate of drug-likeness (QED) is 0.235. The molecule has 0 fully saturated rings. The molecule has 1 aliphatic carbocycles. The highest BCUT2D eigenvalue weighted by Gasteiger charge is 2.26. The molecule has 0 unspecified atom stereocenters. The first-order chi connectivity index (χ1) is 18.5. The Kier molecular flexibility index (Phi) is 4.95. The summed E-state index contributed by atoms with van der Waals surface area (Å²) in [6.45, 7) is 2.05.